The van der Waals surface area contributed by atoms with Gasteiger partial charge in [0.05, 0.1) is 13.2 Å². The molecule has 0 aromatic rings. The summed E-state index contributed by atoms with van der Waals surface area (Å²) in [6.45, 7) is 9.04. The molecule has 8 heteroatoms. The number of carbonyl (C=O) groups excluding carboxylic acids is 2. The Kier molecular flexibility index (Phi) is 10.4. The van der Waals surface area contributed by atoms with Crippen LogP contribution < -0.4 is 10.6 Å². The van der Waals surface area contributed by atoms with Crippen molar-refractivity contribution in [3.63, 3.8) is 0 Å². The Labute approximate surface area is 168 Å². The van der Waals surface area contributed by atoms with E-state index in [0.717, 1.165) is 32.3 Å². The van der Waals surface area contributed by atoms with E-state index in [1.165, 1.54) is 0 Å². The Morgan fingerprint density at radius 1 is 1.18 bits per heavy atom. The molecule has 1 rings (SSSR count). The largest absolute Gasteiger partial charge is 0.396 e. The summed E-state index contributed by atoms with van der Waals surface area (Å²) in [6.07, 6.45) is 2.61. The van der Waals surface area contributed by atoms with E-state index in [0.29, 0.717) is 13.2 Å². The summed E-state index contributed by atoms with van der Waals surface area (Å²) in [5, 5.41) is 24.4. The molecule has 1 aliphatic rings. The van der Waals surface area contributed by atoms with Gasteiger partial charge in [-0.1, -0.05) is 27.7 Å². The van der Waals surface area contributed by atoms with Gasteiger partial charge in [-0.25, -0.2) is 0 Å². The maximum Gasteiger partial charge on any atom is 0.249 e. The Hall–Kier alpha value is -1.22. The van der Waals surface area contributed by atoms with Crippen LogP contribution in [0.25, 0.3) is 0 Å². The molecule has 2 atom stereocenters. The topological polar surface area (TPSA) is 117 Å². The average molecular weight is 403 g/mol. The molecule has 8 nitrogen and oxygen atoms in total. The third-order valence-corrected chi connectivity index (χ3v) is 4.97. The number of hydrogen-bond donors (Lipinski definition) is 4. The molecule has 0 radical (unpaired) electrons. The minimum absolute atomic E-state index is 0.0811. The van der Waals surface area contributed by atoms with Crippen LogP contribution in [0.4, 0.5) is 0 Å². The van der Waals surface area contributed by atoms with Gasteiger partial charge in [-0.3, -0.25) is 9.59 Å². The van der Waals surface area contributed by atoms with Crippen LogP contribution in [-0.2, 0) is 19.1 Å². The van der Waals surface area contributed by atoms with Gasteiger partial charge >= 0.3 is 0 Å². The van der Waals surface area contributed by atoms with Crippen molar-refractivity contribution < 1.29 is 29.3 Å². The number of aliphatic hydroxyl groups is 2. The number of amides is 2. The van der Waals surface area contributed by atoms with E-state index in [1.54, 1.807) is 13.8 Å². The molecule has 0 spiro atoms. The van der Waals surface area contributed by atoms with E-state index in [9.17, 15) is 19.8 Å². The highest BCUT2D eigenvalue weighted by atomic mass is 16.7. The lowest BCUT2D eigenvalue weighted by atomic mass is 9.87. The summed E-state index contributed by atoms with van der Waals surface area (Å²) in [4.78, 5) is 23.8. The zero-order chi connectivity index (χ0) is 21.2. The Morgan fingerprint density at radius 3 is 2.50 bits per heavy atom. The van der Waals surface area contributed by atoms with Crippen molar-refractivity contribution in [2.45, 2.75) is 72.2 Å². The van der Waals surface area contributed by atoms with Gasteiger partial charge in [-0.15, -0.1) is 0 Å². The minimum Gasteiger partial charge on any atom is -0.396 e. The molecule has 0 aromatic heterocycles. The van der Waals surface area contributed by atoms with E-state index in [2.05, 4.69) is 24.5 Å². The van der Waals surface area contributed by atoms with Gasteiger partial charge in [0.2, 0.25) is 11.8 Å². The number of ether oxygens (including phenoxy) is 2. The molecule has 164 valence electrons. The van der Waals surface area contributed by atoms with Crippen LogP contribution in [0.2, 0.25) is 0 Å². The molecule has 0 saturated carbocycles. The fourth-order valence-electron chi connectivity index (χ4n) is 2.70. The average Bonchev–Trinajstić information content (AvgIpc) is 2.66. The molecule has 1 aliphatic heterocycles. The first kappa shape index (κ1) is 24.8. The number of carbonyl (C=O) groups is 2. The van der Waals surface area contributed by atoms with E-state index < -0.39 is 17.4 Å². The van der Waals surface area contributed by atoms with Gasteiger partial charge in [0.15, 0.2) is 6.29 Å². The van der Waals surface area contributed by atoms with Crippen LogP contribution in [0, 0.1) is 10.8 Å². The molecule has 1 fully saturated rings. The molecular formula is C20H38N2O6. The first-order chi connectivity index (χ1) is 13.1. The summed E-state index contributed by atoms with van der Waals surface area (Å²) in [7, 11) is 0. The normalized spacial score (nSPS) is 19.1. The lowest BCUT2D eigenvalue weighted by Gasteiger charge is -2.29. The fraction of sp³-hybridized carbons (Fsp3) is 0.900. The monoisotopic (exact) mass is 402 g/mol. The third kappa shape index (κ3) is 9.32. The maximum atomic E-state index is 11.9. The van der Waals surface area contributed by atoms with Gasteiger partial charge in [0.1, 0.15) is 6.10 Å². The highest BCUT2D eigenvalue weighted by Crippen LogP contribution is 2.23. The fourth-order valence-corrected chi connectivity index (χ4v) is 2.70. The highest BCUT2D eigenvalue weighted by Gasteiger charge is 2.32. The standard InChI is InChI=1S/C20H38N2O6/c1-19(2,14-28-16-7-5-6-12-27-16)9-11-21-15(24)8-10-22-18(26)17(25)20(3,4)13-23/h16-17,23,25H,5-14H2,1-4H3,(H,21,24)(H,22,26)/t16?,17-/m0/s1. The van der Waals surface area contributed by atoms with Crippen LogP contribution in [-0.4, -0.2) is 67.3 Å². The molecule has 0 aromatic carbocycles. The van der Waals surface area contributed by atoms with Crippen molar-refractivity contribution in [1.29, 1.82) is 0 Å². The molecule has 2 amide bonds. The van der Waals surface area contributed by atoms with Gasteiger partial charge in [-0.2, -0.15) is 0 Å². The predicted octanol–water partition coefficient (Wildman–Crippen LogP) is 0.948. The van der Waals surface area contributed by atoms with Crippen LogP contribution >= 0.6 is 0 Å². The summed E-state index contributed by atoms with van der Waals surface area (Å²) in [6, 6.07) is 0. The quantitative estimate of drug-likeness (QED) is 0.386. The zero-order valence-electron chi connectivity index (χ0n) is 17.8. The molecule has 0 aliphatic carbocycles. The zero-order valence-corrected chi connectivity index (χ0v) is 17.8. The molecular weight excluding hydrogens is 364 g/mol. The summed E-state index contributed by atoms with van der Waals surface area (Å²) >= 11 is 0. The molecule has 1 heterocycles. The number of hydrogen-bond acceptors (Lipinski definition) is 6. The van der Waals surface area contributed by atoms with Crippen molar-refractivity contribution in [2.75, 3.05) is 32.9 Å². The number of nitrogens with one attached hydrogen (secondary N) is 2. The second kappa shape index (κ2) is 11.7. The highest BCUT2D eigenvalue weighted by molar-refractivity contribution is 5.82. The van der Waals surface area contributed by atoms with Crippen LogP contribution in [0.3, 0.4) is 0 Å². The smallest absolute Gasteiger partial charge is 0.249 e. The molecule has 1 saturated heterocycles. The van der Waals surface area contributed by atoms with Gasteiger partial charge in [0, 0.05) is 31.5 Å². The van der Waals surface area contributed by atoms with Crippen LogP contribution in [0.15, 0.2) is 0 Å². The summed E-state index contributed by atoms with van der Waals surface area (Å²) < 4.78 is 11.4. The Bertz CT molecular complexity index is 489. The summed E-state index contributed by atoms with van der Waals surface area (Å²) in [5.74, 6) is -0.751. The van der Waals surface area contributed by atoms with Crippen molar-refractivity contribution in [3.8, 4) is 0 Å². The molecule has 1 unspecified atom stereocenters. The van der Waals surface area contributed by atoms with Crippen molar-refractivity contribution in [2.24, 2.45) is 10.8 Å². The van der Waals surface area contributed by atoms with Crippen LogP contribution in [0.5, 0.6) is 0 Å². The Morgan fingerprint density at radius 2 is 1.89 bits per heavy atom. The SMILES string of the molecule is CC(C)(CCNC(=O)CCNC(=O)[C@H](O)C(C)(C)CO)COC1CCCCO1. The van der Waals surface area contributed by atoms with Crippen molar-refractivity contribution >= 4 is 11.8 Å². The lowest BCUT2D eigenvalue weighted by molar-refractivity contribution is -0.176. The molecule has 28 heavy (non-hydrogen) atoms. The number of aliphatic hydroxyl groups excluding tert-OH is 2. The van der Waals surface area contributed by atoms with Gasteiger partial charge < -0.3 is 30.3 Å². The van der Waals surface area contributed by atoms with Crippen molar-refractivity contribution in [3.05, 3.63) is 0 Å². The Balaban J connectivity index is 2.17. The van der Waals surface area contributed by atoms with Crippen LogP contribution in [0.1, 0.15) is 59.8 Å². The minimum atomic E-state index is -1.32. The van der Waals surface area contributed by atoms with Crippen molar-refractivity contribution in [1.82, 2.24) is 10.6 Å². The first-order valence-electron chi connectivity index (χ1n) is 10.1. The first-order valence-corrected chi connectivity index (χ1v) is 10.1. The van der Waals surface area contributed by atoms with E-state index in [-0.39, 0.29) is 37.2 Å². The van der Waals surface area contributed by atoms with E-state index >= 15 is 0 Å². The lowest BCUT2D eigenvalue weighted by Crippen LogP contribution is -2.46. The van der Waals surface area contributed by atoms with E-state index in [1.807, 2.05) is 0 Å². The van der Waals surface area contributed by atoms with E-state index in [4.69, 9.17) is 9.47 Å². The van der Waals surface area contributed by atoms with Gasteiger partial charge in [-0.05, 0) is 31.1 Å². The third-order valence-electron chi connectivity index (χ3n) is 4.97. The van der Waals surface area contributed by atoms with Gasteiger partial charge in [0.25, 0.3) is 0 Å². The number of rotatable bonds is 12. The molecule has 0 bridgehead atoms. The predicted molar refractivity (Wildman–Crippen MR) is 105 cm³/mol. The second-order valence-electron chi connectivity index (χ2n) is 8.96. The maximum absolute atomic E-state index is 11.9. The molecule has 4 N–H and O–H groups in total. The summed E-state index contributed by atoms with van der Waals surface area (Å²) in [5.41, 5.74) is -1.01. The second-order valence-corrected chi connectivity index (χ2v) is 8.96.